The van der Waals surface area contributed by atoms with Crippen LogP contribution in [0.4, 0.5) is 42.4 Å². The Morgan fingerprint density at radius 2 is 1.74 bits per heavy atom. The fourth-order valence-electron chi connectivity index (χ4n) is 4.51. The molecular weight excluding hydrogens is 521 g/mol. The zero-order valence-corrected chi connectivity index (χ0v) is 19.4. The Labute approximate surface area is 209 Å². The Bertz CT molecular complexity index is 1600. The normalized spacial score (nSPS) is 17.6. The third kappa shape index (κ3) is 3.82. The molecule has 4 aromatic rings. The molecule has 3 aromatic heterocycles. The van der Waals surface area contributed by atoms with Gasteiger partial charge in [0, 0.05) is 24.6 Å². The zero-order chi connectivity index (χ0) is 27.6. The second-order valence-electron chi connectivity index (χ2n) is 8.90. The molecule has 0 saturated heterocycles. The number of nitrogens with one attached hydrogen (secondary N) is 1. The smallest absolute Gasteiger partial charge is 0.383 e. The van der Waals surface area contributed by atoms with E-state index in [2.05, 4.69) is 20.3 Å². The van der Waals surface area contributed by atoms with Gasteiger partial charge < -0.3 is 15.5 Å². The first-order chi connectivity index (χ1) is 17.7. The lowest BCUT2D eigenvalue weighted by Crippen LogP contribution is -2.36. The van der Waals surface area contributed by atoms with Crippen molar-refractivity contribution in [3.63, 3.8) is 0 Å². The number of aromatic nitrogens is 4. The van der Waals surface area contributed by atoms with Gasteiger partial charge in [0.05, 0.1) is 11.1 Å². The number of amides is 1. The first kappa shape index (κ1) is 25.4. The molecule has 14 heteroatoms. The summed E-state index contributed by atoms with van der Waals surface area (Å²) in [5, 5.41) is 2.53. The van der Waals surface area contributed by atoms with Crippen molar-refractivity contribution in [3.05, 3.63) is 71.2 Å². The summed E-state index contributed by atoms with van der Waals surface area (Å²) in [5.74, 6) is -7.89. The lowest BCUT2D eigenvalue weighted by molar-refractivity contribution is -0.284. The SMILES string of the molecule is CC1(c2ccccc2F)C(=O)Nc2nc(-c3nc(CCC(F)(F)C(F)(F)F)n4cc(F)ccc34)nc(N)c21. The number of nitrogens with two attached hydrogens (primary N) is 1. The second-order valence-corrected chi connectivity index (χ2v) is 8.90. The summed E-state index contributed by atoms with van der Waals surface area (Å²) in [5.41, 5.74) is 4.72. The molecule has 3 N–H and O–H groups in total. The molecule has 0 aliphatic carbocycles. The van der Waals surface area contributed by atoms with E-state index in [9.17, 15) is 35.5 Å². The Kier molecular flexibility index (Phi) is 5.62. The van der Waals surface area contributed by atoms with E-state index in [4.69, 9.17) is 5.73 Å². The van der Waals surface area contributed by atoms with E-state index in [-0.39, 0.29) is 45.6 Å². The lowest BCUT2D eigenvalue weighted by Gasteiger charge is -2.23. The maximum absolute atomic E-state index is 14.6. The van der Waals surface area contributed by atoms with Crippen molar-refractivity contribution < 1.29 is 35.5 Å². The topological polar surface area (TPSA) is 98.2 Å². The molecule has 1 atom stereocenters. The average Bonchev–Trinajstić information content (AvgIpc) is 3.32. The maximum Gasteiger partial charge on any atom is 0.453 e. The van der Waals surface area contributed by atoms with E-state index >= 15 is 0 Å². The number of nitrogen functional groups attached to an aromatic ring is 1. The monoisotopic (exact) mass is 538 g/mol. The Hall–Kier alpha value is -4.23. The van der Waals surface area contributed by atoms with E-state index in [0.29, 0.717) is 0 Å². The van der Waals surface area contributed by atoms with E-state index < -0.39 is 47.9 Å². The maximum atomic E-state index is 14.6. The van der Waals surface area contributed by atoms with Gasteiger partial charge in [-0.15, -0.1) is 0 Å². The molecule has 4 heterocycles. The predicted octanol–water partition coefficient (Wildman–Crippen LogP) is 5.04. The van der Waals surface area contributed by atoms with Gasteiger partial charge in [-0.3, -0.25) is 4.79 Å². The minimum absolute atomic E-state index is 0.0232. The third-order valence-corrected chi connectivity index (χ3v) is 6.50. The summed E-state index contributed by atoms with van der Waals surface area (Å²) < 4.78 is 94.7. The highest BCUT2D eigenvalue weighted by molar-refractivity contribution is 6.09. The summed E-state index contributed by atoms with van der Waals surface area (Å²) in [7, 11) is 0. The minimum Gasteiger partial charge on any atom is -0.383 e. The molecule has 7 nitrogen and oxygen atoms in total. The van der Waals surface area contributed by atoms with Gasteiger partial charge in [-0.05, 0) is 25.1 Å². The second kappa shape index (κ2) is 8.39. The summed E-state index contributed by atoms with van der Waals surface area (Å²) >= 11 is 0. The van der Waals surface area contributed by atoms with E-state index in [1.807, 2.05) is 0 Å². The number of rotatable bonds is 5. The number of nitrogens with zero attached hydrogens (tertiary/aromatic N) is 4. The van der Waals surface area contributed by atoms with Gasteiger partial charge in [0.15, 0.2) is 5.82 Å². The molecule has 1 aliphatic rings. The first-order valence-electron chi connectivity index (χ1n) is 11.1. The fraction of sp³-hybridized carbons (Fsp3) is 0.250. The van der Waals surface area contributed by atoms with Crippen LogP contribution in [0.1, 0.15) is 30.3 Å². The molecular formula is C24H17F7N6O. The van der Waals surface area contributed by atoms with Gasteiger partial charge in [-0.2, -0.15) is 22.0 Å². The average molecular weight is 538 g/mol. The first-order valence-corrected chi connectivity index (χ1v) is 11.1. The van der Waals surface area contributed by atoms with Crippen LogP contribution in [0, 0.1) is 11.6 Å². The number of hydrogen-bond donors (Lipinski definition) is 2. The number of alkyl halides is 5. The van der Waals surface area contributed by atoms with Crippen molar-refractivity contribution in [2.45, 2.75) is 37.3 Å². The van der Waals surface area contributed by atoms with Crippen molar-refractivity contribution in [3.8, 4) is 11.5 Å². The fourth-order valence-corrected chi connectivity index (χ4v) is 4.51. The number of carbonyl (C=O) groups excluding carboxylic acids is 1. The highest BCUT2D eigenvalue weighted by Gasteiger charge is 2.56. The predicted molar refractivity (Wildman–Crippen MR) is 121 cm³/mol. The Morgan fingerprint density at radius 3 is 2.42 bits per heavy atom. The largest absolute Gasteiger partial charge is 0.453 e. The van der Waals surface area contributed by atoms with Crippen LogP contribution < -0.4 is 11.1 Å². The lowest BCUT2D eigenvalue weighted by atomic mass is 9.77. The number of halogens is 7. The summed E-state index contributed by atoms with van der Waals surface area (Å²) in [4.78, 5) is 25.6. The molecule has 0 radical (unpaired) electrons. The van der Waals surface area contributed by atoms with Gasteiger partial charge in [0.2, 0.25) is 5.91 Å². The van der Waals surface area contributed by atoms with Crippen molar-refractivity contribution >= 4 is 23.1 Å². The molecule has 38 heavy (non-hydrogen) atoms. The molecule has 0 spiro atoms. The third-order valence-electron chi connectivity index (χ3n) is 6.50. The Morgan fingerprint density at radius 1 is 1.03 bits per heavy atom. The standard InChI is InChI=1S/C24H17F7N6O/c1-22(12-4-2-3-5-13(12)26)16-18(32)34-20(35-19(16)36-21(22)38)17-14-7-6-11(25)10-37(14)15(33-17)8-9-23(27,28)24(29,30)31/h2-7,10H,8-9H2,1H3,(H3,32,34,35,36,38). The van der Waals surface area contributed by atoms with Gasteiger partial charge in [0.25, 0.3) is 0 Å². The molecule has 1 aliphatic heterocycles. The van der Waals surface area contributed by atoms with Crippen LogP contribution in [0.15, 0.2) is 42.6 Å². The number of pyridine rings is 1. The van der Waals surface area contributed by atoms with Crippen LogP contribution in [-0.4, -0.2) is 37.4 Å². The van der Waals surface area contributed by atoms with Crippen LogP contribution in [-0.2, 0) is 16.6 Å². The highest BCUT2D eigenvalue weighted by atomic mass is 19.4. The number of fused-ring (bicyclic) bond motifs is 2. The van der Waals surface area contributed by atoms with Gasteiger partial charge in [-0.1, -0.05) is 18.2 Å². The highest BCUT2D eigenvalue weighted by Crippen LogP contribution is 2.46. The van der Waals surface area contributed by atoms with Crippen molar-refractivity contribution in [1.29, 1.82) is 0 Å². The molecule has 5 rings (SSSR count). The molecule has 0 fully saturated rings. The number of benzene rings is 1. The molecule has 198 valence electrons. The van der Waals surface area contributed by atoms with E-state index in [1.54, 1.807) is 6.07 Å². The van der Waals surface area contributed by atoms with Crippen molar-refractivity contribution in [2.24, 2.45) is 0 Å². The summed E-state index contributed by atoms with van der Waals surface area (Å²) in [6.45, 7) is 1.44. The number of imidazole rings is 1. The number of aryl methyl sites for hydroxylation is 1. The van der Waals surface area contributed by atoms with Crippen LogP contribution in [0.25, 0.3) is 17.0 Å². The number of hydrogen-bond acceptors (Lipinski definition) is 5. The van der Waals surface area contributed by atoms with E-state index in [1.165, 1.54) is 31.2 Å². The van der Waals surface area contributed by atoms with Crippen LogP contribution in [0.2, 0.25) is 0 Å². The number of anilines is 2. The van der Waals surface area contributed by atoms with Crippen LogP contribution in [0.3, 0.4) is 0 Å². The Balaban J connectivity index is 1.62. The molecule has 1 amide bonds. The molecule has 0 saturated carbocycles. The van der Waals surface area contributed by atoms with Gasteiger partial charge in [-0.25, -0.2) is 23.7 Å². The zero-order valence-electron chi connectivity index (χ0n) is 19.4. The molecule has 0 bridgehead atoms. The summed E-state index contributed by atoms with van der Waals surface area (Å²) in [6, 6.07) is 7.84. The number of carbonyl (C=O) groups is 1. The van der Waals surface area contributed by atoms with Gasteiger partial charge >= 0.3 is 12.1 Å². The summed E-state index contributed by atoms with van der Waals surface area (Å²) in [6.07, 6.45) is -7.38. The van der Waals surface area contributed by atoms with Gasteiger partial charge in [0.1, 0.15) is 40.2 Å². The molecule has 1 unspecified atom stereocenters. The molecule has 1 aromatic carbocycles. The van der Waals surface area contributed by atoms with E-state index in [0.717, 1.165) is 16.7 Å². The quantitative estimate of drug-likeness (QED) is 0.347. The minimum atomic E-state index is -5.77. The van der Waals surface area contributed by atoms with Crippen molar-refractivity contribution in [1.82, 2.24) is 19.4 Å². The van der Waals surface area contributed by atoms with Crippen LogP contribution in [0.5, 0.6) is 0 Å². The van der Waals surface area contributed by atoms with Crippen LogP contribution >= 0.6 is 0 Å². The van der Waals surface area contributed by atoms with Crippen molar-refractivity contribution in [2.75, 3.05) is 11.1 Å².